The van der Waals surface area contributed by atoms with Crippen molar-refractivity contribution in [3.05, 3.63) is 0 Å². The van der Waals surface area contributed by atoms with E-state index >= 15 is 0 Å². The van der Waals surface area contributed by atoms with Crippen molar-refractivity contribution in [2.45, 2.75) is 32.6 Å². The Hall–Kier alpha value is -0.130. The largest absolute Gasteiger partial charge is 0.328 e. The van der Waals surface area contributed by atoms with Crippen LogP contribution >= 0.6 is 0 Å². The predicted molar refractivity (Wildman–Crippen MR) is 62.4 cm³/mol. The molecule has 0 radical (unpaired) electrons. The van der Waals surface area contributed by atoms with E-state index in [9.17, 15) is 8.42 Å². The van der Waals surface area contributed by atoms with E-state index in [1.807, 2.05) is 0 Å². The second kappa shape index (κ2) is 6.45. The van der Waals surface area contributed by atoms with Gasteiger partial charge in [-0.3, -0.25) is 4.55 Å². The molecule has 0 bridgehead atoms. The van der Waals surface area contributed by atoms with Gasteiger partial charge in [-0.2, -0.15) is 8.42 Å². The Balaban J connectivity index is 3.66. The third-order valence-corrected chi connectivity index (χ3v) is 3.34. The van der Waals surface area contributed by atoms with Crippen molar-refractivity contribution in [3.63, 3.8) is 0 Å². The van der Waals surface area contributed by atoms with Crippen molar-refractivity contribution in [2.24, 2.45) is 0 Å². The second-order valence-corrected chi connectivity index (χ2v) is 6.30. The summed E-state index contributed by atoms with van der Waals surface area (Å²) in [5, 5.41) is 0. The molecule has 92 valence electrons. The van der Waals surface area contributed by atoms with E-state index in [1.54, 1.807) is 0 Å². The van der Waals surface area contributed by atoms with Crippen LogP contribution in [0.2, 0.25) is 0 Å². The highest BCUT2D eigenvalue weighted by Crippen LogP contribution is 2.05. The number of nitrogens with zero attached hydrogens (tertiary/aromatic N) is 1. The van der Waals surface area contributed by atoms with Crippen LogP contribution in [0.15, 0.2) is 0 Å². The van der Waals surface area contributed by atoms with Gasteiger partial charge in [0.1, 0.15) is 0 Å². The Morgan fingerprint density at radius 3 is 2.07 bits per heavy atom. The molecule has 0 heterocycles. The van der Waals surface area contributed by atoms with E-state index in [0.29, 0.717) is 6.42 Å². The molecule has 15 heavy (non-hydrogen) atoms. The summed E-state index contributed by atoms with van der Waals surface area (Å²) in [6.07, 6.45) is 3.78. The second-order valence-electron chi connectivity index (χ2n) is 4.73. The summed E-state index contributed by atoms with van der Waals surface area (Å²) in [6.45, 7) is 4.26. The van der Waals surface area contributed by atoms with Gasteiger partial charge in [-0.05, 0) is 19.3 Å². The number of hydrogen-bond acceptors (Lipinski definition) is 2. The van der Waals surface area contributed by atoms with Gasteiger partial charge >= 0.3 is 0 Å². The summed E-state index contributed by atoms with van der Waals surface area (Å²) in [5.41, 5.74) is 0. The molecule has 0 amide bonds. The first-order chi connectivity index (χ1) is 6.77. The molecular formula is C10H24NO3S+. The van der Waals surface area contributed by atoms with E-state index in [-0.39, 0.29) is 5.75 Å². The number of quaternary nitrogens is 1. The van der Waals surface area contributed by atoms with Crippen LogP contribution in [0.3, 0.4) is 0 Å². The lowest BCUT2D eigenvalue weighted by atomic mass is 10.2. The fraction of sp³-hybridized carbons (Fsp3) is 1.00. The van der Waals surface area contributed by atoms with Gasteiger partial charge in [-0.15, -0.1) is 0 Å². The smallest absolute Gasteiger partial charge is 0.264 e. The molecule has 0 aromatic rings. The Morgan fingerprint density at radius 2 is 1.60 bits per heavy atom. The molecule has 0 rings (SSSR count). The molecule has 1 N–H and O–H groups in total. The lowest BCUT2D eigenvalue weighted by Gasteiger charge is -2.29. The summed E-state index contributed by atoms with van der Waals surface area (Å²) in [7, 11) is 0.546. The number of hydrogen-bond donors (Lipinski definition) is 1. The van der Waals surface area contributed by atoms with Gasteiger partial charge in [0.2, 0.25) is 0 Å². The summed E-state index contributed by atoms with van der Waals surface area (Å²) < 4.78 is 30.4. The van der Waals surface area contributed by atoms with Gasteiger partial charge in [0, 0.05) is 0 Å². The van der Waals surface area contributed by atoms with E-state index in [1.165, 1.54) is 12.8 Å². The van der Waals surface area contributed by atoms with Crippen LogP contribution in [-0.4, -0.2) is 50.4 Å². The van der Waals surface area contributed by atoms with Crippen molar-refractivity contribution in [1.82, 2.24) is 0 Å². The molecular weight excluding hydrogens is 214 g/mol. The van der Waals surface area contributed by atoms with Crippen molar-refractivity contribution in [2.75, 3.05) is 32.9 Å². The lowest BCUT2D eigenvalue weighted by molar-refractivity contribution is -0.890. The van der Waals surface area contributed by atoms with Crippen LogP contribution < -0.4 is 0 Å². The zero-order chi connectivity index (χ0) is 11.9. The Kier molecular flexibility index (Phi) is 6.40. The van der Waals surface area contributed by atoms with Crippen molar-refractivity contribution < 1.29 is 17.5 Å². The fourth-order valence-corrected chi connectivity index (χ4v) is 2.09. The minimum atomic E-state index is -3.77. The van der Waals surface area contributed by atoms with Crippen LogP contribution in [0.25, 0.3) is 0 Å². The maximum absolute atomic E-state index is 10.5. The third kappa shape index (κ3) is 10.2. The van der Waals surface area contributed by atoms with Crippen LogP contribution in [0.1, 0.15) is 32.6 Å². The minimum absolute atomic E-state index is 0.110. The summed E-state index contributed by atoms with van der Waals surface area (Å²) in [6, 6.07) is 0. The molecule has 0 atom stereocenters. The minimum Gasteiger partial charge on any atom is -0.328 e. The zero-order valence-corrected chi connectivity index (χ0v) is 10.9. The maximum atomic E-state index is 10.5. The van der Waals surface area contributed by atoms with E-state index in [2.05, 4.69) is 21.0 Å². The predicted octanol–water partition coefficient (Wildman–Crippen LogP) is 1.53. The summed E-state index contributed by atoms with van der Waals surface area (Å²) >= 11 is 0. The average molecular weight is 238 g/mol. The summed E-state index contributed by atoms with van der Waals surface area (Å²) in [4.78, 5) is 0. The molecule has 0 aromatic carbocycles. The monoisotopic (exact) mass is 238 g/mol. The van der Waals surface area contributed by atoms with E-state index in [0.717, 1.165) is 24.0 Å². The highest BCUT2D eigenvalue weighted by Gasteiger charge is 2.14. The normalized spacial score (nSPS) is 13.1. The van der Waals surface area contributed by atoms with Crippen molar-refractivity contribution in [1.29, 1.82) is 0 Å². The Labute approximate surface area is 93.6 Å². The standard InChI is InChI=1S/C10H23NO3S/c1-4-5-8-11(2,3)9-6-7-10-15(12,13)14/h4-10H2,1-3H3/p+1. The lowest BCUT2D eigenvalue weighted by Crippen LogP contribution is -2.41. The van der Waals surface area contributed by atoms with Crippen LogP contribution in [0.5, 0.6) is 0 Å². The quantitative estimate of drug-likeness (QED) is 0.396. The van der Waals surface area contributed by atoms with Gasteiger partial charge in [0.05, 0.1) is 32.9 Å². The molecule has 0 aromatic heterocycles. The first kappa shape index (κ1) is 14.9. The Morgan fingerprint density at radius 1 is 1.07 bits per heavy atom. The van der Waals surface area contributed by atoms with Gasteiger partial charge in [-0.25, -0.2) is 0 Å². The molecule has 0 aliphatic rings. The molecule has 0 saturated heterocycles. The number of rotatable bonds is 8. The van der Waals surface area contributed by atoms with Crippen molar-refractivity contribution in [3.8, 4) is 0 Å². The van der Waals surface area contributed by atoms with Crippen LogP contribution in [0.4, 0.5) is 0 Å². The Bertz CT molecular complexity index is 260. The highest BCUT2D eigenvalue weighted by molar-refractivity contribution is 7.85. The molecule has 0 fully saturated rings. The molecule has 0 aliphatic carbocycles. The van der Waals surface area contributed by atoms with Gasteiger partial charge in [0.25, 0.3) is 10.1 Å². The third-order valence-electron chi connectivity index (χ3n) is 2.53. The number of unbranched alkanes of at least 4 members (excludes halogenated alkanes) is 2. The molecule has 0 saturated carbocycles. The molecule has 5 heteroatoms. The average Bonchev–Trinajstić information content (AvgIpc) is 2.08. The van der Waals surface area contributed by atoms with Gasteiger partial charge in [-0.1, -0.05) is 13.3 Å². The molecule has 0 aliphatic heterocycles. The fourth-order valence-electron chi connectivity index (χ4n) is 1.52. The first-order valence-electron chi connectivity index (χ1n) is 5.54. The van der Waals surface area contributed by atoms with Gasteiger partial charge in [0.15, 0.2) is 0 Å². The zero-order valence-electron chi connectivity index (χ0n) is 10.1. The first-order valence-corrected chi connectivity index (χ1v) is 7.15. The maximum Gasteiger partial charge on any atom is 0.264 e. The topological polar surface area (TPSA) is 54.4 Å². The van der Waals surface area contributed by atoms with E-state index < -0.39 is 10.1 Å². The molecule has 4 nitrogen and oxygen atoms in total. The van der Waals surface area contributed by atoms with Crippen LogP contribution in [0, 0.1) is 0 Å². The van der Waals surface area contributed by atoms with Gasteiger partial charge < -0.3 is 4.48 Å². The van der Waals surface area contributed by atoms with E-state index in [4.69, 9.17) is 4.55 Å². The molecule has 0 spiro atoms. The highest BCUT2D eigenvalue weighted by atomic mass is 32.2. The summed E-state index contributed by atoms with van der Waals surface area (Å²) in [5.74, 6) is -0.110. The SMILES string of the molecule is CCCC[N+](C)(C)CCCCS(=O)(=O)O. The van der Waals surface area contributed by atoms with Crippen molar-refractivity contribution >= 4 is 10.1 Å². The van der Waals surface area contributed by atoms with Crippen LogP contribution in [-0.2, 0) is 10.1 Å². The molecule has 0 unspecified atom stereocenters.